The van der Waals surface area contributed by atoms with Crippen LogP contribution in [0.3, 0.4) is 0 Å². The van der Waals surface area contributed by atoms with Crippen LogP contribution in [-0.2, 0) is 6.18 Å². The largest absolute Gasteiger partial charge is 0.478 e. The Hall–Kier alpha value is -3.08. The molecular formula is C18H15ClF4N4O3. The highest BCUT2D eigenvalue weighted by Crippen LogP contribution is 2.34. The Morgan fingerprint density at radius 2 is 1.87 bits per heavy atom. The minimum absolute atomic E-state index is 0.0867. The van der Waals surface area contributed by atoms with E-state index in [0.29, 0.717) is 11.9 Å². The van der Waals surface area contributed by atoms with Gasteiger partial charge >= 0.3 is 12.1 Å². The SMILES string of the molecule is O=C(O)c1cnc(N2CCN(/C(=N/O)c3c(F)cccc3C(F)(F)F)CC2)c(Cl)c1. The van der Waals surface area contributed by atoms with Crippen molar-refractivity contribution in [1.29, 1.82) is 0 Å². The van der Waals surface area contributed by atoms with Gasteiger partial charge in [0.2, 0.25) is 0 Å². The first kappa shape index (κ1) is 21.6. The van der Waals surface area contributed by atoms with Crippen LogP contribution in [0.1, 0.15) is 21.5 Å². The summed E-state index contributed by atoms with van der Waals surface area (Å²) in [7, 11) is 0. The summed E-state index contributed by atoms with van der Waals surface area (Å²) in [5.41, 5.74) is -2.16. The first-order chi connectivity index (χ1) is 14.1. The zero-order valence-electron chi connectivity index (χ0n) is 15.2. The number of carboxylic acids is 1. The van der Waals surface area contributed by atoms with Crippen molar-refractivity contribution < 1.29 is 32.7 Å². The number of aromatic carboxylic acids is 1. The Balaban J connectivity index is 1.82. The molecule has 0 atom stereocenters. The van der Waals surface area contributed by atoms with E-state index in [2.05, 4.69) is 10.1 Å². The Morgan fingerprint density at radius 1 is 1.20 bits per heavy atom. The molecule has 0 saturated carbocycles. The van der Waals surface area contributed by atoms with Crippen LogP contribution in [-0.4, -0.2) is 58.2 Å². The quantitative estimate of drug-likeness (QED) is 0.246. The lowest BCUT2D eigenvalue weighted by atomic mass is 10.0. The maximum absolute atomic E-state index is 14.3. The predicted octanol–water partition coefficient (Wildman–Crippen LogP) is 3.55. The average molecular weight is 447 g/mol. The van der Waals surface area contributed by atoms with Crippen molar-refractivity contribution in [3.05, 3.63) is 58.0 Å². The second-order valence-corrected chi connectivity index (χ2v) is 6.80. The summed E-state index contributed by atoms with van der Waals surface area (Å²) in [5.74, 6) is -2.56. The molecule has 0 unspecified atom stereocenters. The van der Waals surface area contributed by atoms with Gasteiger partial charge in [-0.2, -0.15) is 13.2 Å². The second-order valence-electron chi connectivity index (χ2n) is 6.39. The minimum Gasteiger partial charge on any atom is -0.478 e. The van der Waals surface area contributed by atoms with Gasteiger partial charge in [-0.1, -0.05) is 22.8 Å². The lowest BCUT2D eigenvalue weighted by Crippen LogP contribution is -2.50. The molecule has 0 bridgehead atoms. The number of carbonyl (C=O) groups is 1. The fraction of sp³-hybridized carbons (Fsp3) is 0.278. The molecule has 0 spiro atoms. The molecule has 30 heavy (non-hydrogen) atoms. The van der Waals surface area contributed by atoms with Crippen LogP contribution in [0.25, 0.3) is 0 Å². The molecule has 2 N–H and O–H groups in total. The number of pyridine rings is 1. The van der Waals surface area contributed by atoms with E-state index in [1.807, 2.05) is 0 Å². The molecule has 1 fully saturated rings. The van der Waals surface area contributed by atoms with E-state index in [9.17, 15) is 27.6 Å². The van der Waals surface area contributed by atoms with E-state index in [4.69, 9.17) is 16.7 Å². The number of aromatic nitrogens is 1. The summed E-state index contributed by atoms with van der Waals surface area (Å²) in [6.45, 7) is 0.607. The fourth-order valence-corrected chi connectivity index (χ4v) is 3.46. The third-order valence-corrected chi connectivity index (χ3v) is 4.86. The average Bonchev–Trinajstić information content (AvgIpc) is 2.69. The molecule has 160 valence electrons. The van der Waals surface area contributed by atoms with Gasteiger partial charge < -0.3 is 20.1 Å². The van der Waals surface area contributed by atoms with Crippen LogP contribution in [0, 0.1) is 5.82 Å². The standard InChI is InChI=1S/C18H15ClF4N4O3/c19-12-8-10(17(28)29)9-24-15(12)26-4-6-27(7-5-26)16(25-30)14-11(18(21,22)23)2-1-3-13(14)20/h1-3,8-9,30H,4-7H2,(H,28,29)/b25-16+. The lowest BCUT2D eigenvalue weighted by molar-refractivity contribution is -0.138. The van der Waals surface area contributed by atoms with Crippen molar-refractivity contribution in [3.63, 3.8) is 0 Å². The highest BCUT2D eigenvalue weighted by atomic mass is 35.5. The summed E-state index contributed by atoms with van der Waals surface area (Å²) in [4.78, 5) is 18.0. The van der Waals surface area contributed by atoms with Gasteiger partial charge in [-0.25, -0.2) is 14.2 Å². The number of amidine groups is 1. The van der Waals surface area contributed by atoms with Gasteiger partial charge in [0.05, 0.1) is 21.7 Å². The topological polar surface area (TPSA) is 89.3 Å². The summed E-state index contributed by atoms with van der Waals surface area (Å²) in [6.07, 6.45) is -3.69. The summed E-state index contributed by atoms with van der Waals surface area (Å²) < 4.78 is 54.2. The summed E-state index contributed by atoms with van der Waals surface area (Å²) in [5, 5.41) is 21.4. The first-order valence-electron chi connectivity index (χ1n) is 8.60. The number of carboxylic acid groups (broad SMARTS) is 1. The Morgan fingerprint density at radius 3 is 2.40 bits per heavy atom. The van der Waals surface area contributed by atoms with E-state index in [-0.39, 0.29) is 36.8 Å². The smallest absolute Gasteiger partial charge is 0.417 e. The van der Waals surface area contributed by atoms with Crippen molar-refractivity contribution in [3.8, 4) is 0 Å². The van der Waals surface area contributed by atoms with Crippen molar-refractivity contribution in [2.24, 2.45) is 5.16 Å². The number of piperazine rings is 1. The third kappa shape index (κ3) is 4.25. The molecule has 3 rings (SSSR count). The molecule has 0 aliphatic carbocycles. The van der Waals surface area contributed by atoms with E-state index < -0.39 is 34.9 Å². The van der Waals surface area contributed by atoms with Gasteiger partial charge in [-0.3, -0.25) is 0 Å². The van der Waals surface area contributed by atoms with E-state index in [0.717, 1.165) is 18.3 Å². The number of rotatable bonds is 3. The zero-order chi connectivity index (χ0) is 22.1. The number of oxime groups is 1. The van der Waals surface area contributed by atoms with E-state index in [1.54, 1.807) is 4.90 Å². The molecule has 12 heteroatoms. The van der Waals surface area contributed by atoms with Gasteiger partial charge in [0.25, 0.3) is 0 Å². The molecule has 1 aromatic heterocycles. The summed E-state index contributed by atoms with van der Waals surface area (Å²) >= 11 is 6.10. The van der Waals surface area contributed by atoms with Gasteiger partial charge in [0.1, 0.15) is 11.6 Å². The van der Waals surface area contributed by atoms with Gasteiger partial charge in [-0.15, -0.1) is 0 Å². The molecular weight excluding hydrogens is 432 g/mol. The van der Waals surface area contributed by atoms with Crippen molar-refractivity contribution in [2.75, 3.05) is 31.1 Å². The lowest BCUT2D eigenvalue weighted by Gasteiger charge is -2.37. The van der Waals surface area contributed by atoms with Crippen molar-refractivity contribution in [1.82, 2.24) is 9.88 Å². The van der Waals surface area contributed by atoms with Gasteiger partial charge in [-0.05, 0) is 18.2 Å². The number of hydrogen-bond acceptors (Lipinski definition) is 5. The molecule has 0 radical (unpaired) electrons. The highest BCUT2D eigenvalue weighted by molar-refractivity contribution is 6.33. The number of benzene rings is 1. The Kier molecular flexibility index (Phi) is 6.01. The van der Waals surface area contributed by atoms with Crippen molar-refractivity contribution in [2.45, 2.75) is 6.18 Å². The fourth-order valence-electron chi connectivity index (χ4n) is 3.17. The zero-order valence-corrected chi connectivity index (χ0v) is 16.0. The molecule has 0 amide bonds. The highest BCUT2D eigenvalue weighted by Gasteiger charge is 2.38. The molecule has 2 heterocycles. The molecule has 1 aliphatic rings. The van der Waals surface area contributed by atoms with Gasteiger partial charge in [0.15, 0.2) is 5.84 Å². The molecule has 7 nitrogen and oxygen atoms in total. The number of nitrogens with zero attached hydrogens (tertiary/aromatic N) is 4. The van der Waals surface area contributed by atoms with Crippen LogP contribution < -0.4 is 4.90 Å². The molecule has 1 saturated heterocycles. The molecule has 2 aromatic rings. The van der Waals surface area contributed by atoms with Crippen LogP contribution in [0.4, 0.5) is 23.4 Å². The van der Waals surface area contributed by atoms with E-state index in [1.165, 1.54) is 11.0 Å². The van der Waals surface area contributed by atoms with Crippen molar-refractivity contribution >= 4 is 29.2 Å². The van der Waals surface area contributed by atoms with E-state index >= 15 is 0 Å². The number of hydrogen-bond donors (Lipinski definition) is 2. The van der Waals surface area contributed by atoms with Crippen LogP contribution in [0.15, 0.2) is 35.6 Å². The number of anilines is 1. The monoisotopic (exact) mass is 446 g/mol. The van der Waals surface area contributed by atoms with Crippen LogP contribution in [0.2, 0.25) is 5.02 Å². The number of alkyl halides is 3. The van der Waals surface area contributed by atoms with Gasteiger partial charge in [0, 0.05) is 32.4 Å². The van der Waals surface area contributed by atoms with Crippen LogP contribution in [0.5, 0.6) is 0 Å². The van der Waals surface area contributed by atoms with Crippen LogP contribution >= 0.6 is 11.6 Å². The number of halogens is 5. The normalized spacial score (nSPS) is 15.4. The molecule has 1 aromatic carbocycles. The minimum atomic E-state index is -4.83. The second kappa shape index (κ2) is 8.34. The Labute approximate surface area is 172 Å². The Bertz CT molecular complexity index is 992. The molecule has 1 aliphatic heterocycles. The maximum atomic E-state index is 14.3. The first-order valence-corrected chi connectivity index (χ1v) is 8.98. The summed E-state index contributed by atoms with van der Waals surface area (Å²) in [6, 6.07) is 3.75. The predicted molar refractivity (Wildman–Crippen MR) is 99.7 cm³/mol. The third-order valence-electron chi connectivity index (χ3n) is 4.58. The maximum Gasteiger partial charge on any atom is 0.417 e.